The average Bonchev–Trinajstić information content (AvgIpc) is 2.41. The second kappa shape index (κ2) is 2.98. The minimum atomic E-state index is -0.0440. The van der Waals surface area contributed by atoms with Crippen LogP contribution in [0.5, 0.6) is 0 Å². The molecule has 1 spiro atoms. The maximum Gasteiger partial charge on any atom is 0.0881 e. The van der Waals surface area contributed by atoms with E-state index >= 15 is 0 Å². The van der Waals surface area contributed by atoms with Crippen molar-refractivity contribution in [3.05, 3.63) is 0 Å². The van der Waals surface area contributed by atoms with E-state index in [0.717, 1.165) is 25.9 Å². The van der Waals surface area contributed by atoms with Crippen molar-refractivity contribution < 1.29 is 9.47 Å². The lowest BCUT2D eigenvalue weighted by Gasteiger charge is -2.38. The zero-order valence-electron chi connectivity index (χ0n) is 7.58. The normalized spacial score (nSPS) is 48.5. The molecule has 2 rings (SSSR count). The van der Waals surface area contributed by atoms with Gasteiger partial charge in [0.2, 0.25) is 0 Å². The average molecular weight is 171 g/mol. The van der Waals surface area contributed by atoms with E-state index in [1.807, 2.05) is 0 Å². The summed E-state index contributed by atoms with van der Waals surface area (Å²) < 4.78 is 11.2. The summed E-state index contributed by atoms with van der Waals surface area (Å²) in [7, 11) is 0. The standard InChI is InChI=1S/C9H17NO2/c1-7-2-3-9(12-7)4-5-11-6-8(9)10/h7-8H,2-6,10H2,1H3/t7-,8+,9+/m1/s1. The molecule has 2 heterocycles. The summed E-state index contributed by atoms with van der Waals surface area (Å²) in [5.41, 5.74) is 5.94. The van der Waals surface area contributed by atoms with E-state index < -0.39 is 0 Å². The third kappa shape index (κ3) is 1.26. The van der Waals surface area contributed by atoms with Gasteiger partial charge in [-0.15, -0.1) is 0 Å². The fourth-order valence-corrected chi connectivity index (χ4v) is 2.22. The molecule has 0 aromatic heterocycles. The maximum absolute atomic E-state index is 5.99. The Kier molecular flexibility index (Phi) is 2.10. The fourth-order valence-electron chi connectivity index (χ4n) is 2.22. The zero-order chi connectivity index (χ0) is 8.60. The first-order valence-electron chi connectivity index (χ1n) is 4.74. The van der Waals surface area contributed by atoms with Gasteiger partial charge in [-0.05, 0) is 19.8 Å². The van der Waals surface area contributed by atoms with Crippen LogP contribution in [0.1, 0.15) is 26.2 Å². The highest BCUT2D eigenvalue weighted by Crippen LogP contribution is 2.37. The van der Waals surface area contributed by atoms with Crippen LogP contribution in [0.15, 0.2) is 0 Å². The third-order valence-electron chi connectivity index (χ3n) is 3.05. The second-order valence-corrected chi connectivity index (χ2v) is 3.96. The molecule has 70 valence electrons. The van der Waals surface area contributed by atoms with E-state index in [0.29, 0.717) is 12.7 Å². The van der Waals surface area contributed by atoms with Crippen molar-refractivity contribution in [1.29, 1.82) is 0 Å². The van der Waals surface area contributed by atoms with Crippen molar-refractivity contribution in [3.63, 3.8) is 0 Å². The molecule has 0 radical (unpaired) electrons. The van der Waals surface area contributed by atoms with E-state index in [1.54, 1.807) is 0 Å². The van der Waals surface area contributed by atoms with Gasteiger partial charge in [0.25, 0.3) is 0 Å². The smallest absolute Gasteiger partial charge is 0.0881 e. The molecule has 0 aliphatic carbocycles. The summed E-state index contributed by atoms with van der Waals surface area (Å²) in [6, 6.07) is 0.0798. The predicted octanol–water partition coefficient (Wildman–Crippen LogP) is 0.672. The van der Waals surface area contributed by atoms with Crippen LogP contribution in [-0.2, 0) is 9.47 Å². The van der Waals surface area contributed by atoms with Crippen molar-refractivity contribution in [3.8, 4) is 0 Å². The lowest BCUT2D eigenvalue weighted by Crippen LogP contribution is -2.54. The van der Waals surface area contributed by atoms with Gasteiger partial charge < -0.3 is 15.2 Å². The molecule has 2 N–H and O–H groups in total. The highest BCUT2D eigenvalue weighted by atomic mass is 16.5. The lowest BCUT2D eigenvalue weighted by molar-refractivity contribution is -0.112. The molecule has 3 atom stereocenters. The monoisotopic (exact) mass is 171 g/mol. The summed E-state index contributed by atoms with van der Waals surface area (Å²) in [6.07, 6.45) is 3.61. The summed E-state index contributed by atoms with van der Waals surface area (Å²) in [5.74, 6) is 0. The Morgan fingerprint density at radius 1 is 1.42 bits per heavy atom. The number of hydrogen-bond donors (Lipinski definition) is 1. The van der Waals surface area contributed by atoms with Crippen LogP contribution in [0.25, 0.3) is 0 Å². The molecular weight excluding hydrogens is 154 g/mol. The fraction of sp³-hybridized carbons (Fsp3) is 1.00. The highest BCUT2D eigenvalue weighted by molar-refractivity contribution is 4.98. The molecule has 0 amide bonds. The van der Waals surface area contributed by atoms with Crippen molar-refractivity contribution in [2.45, 2.75) is 43.9 Å². The molecule has 0 bridgehead atoms. The minimum absolute atomic E-state index is 0.0440. The summed E-state index contributed by atoms with van der Waals surface area (Å²) in [6.45, 7) is 3.59. The zero-order valence-corrected chi connectivity index (χ0v) is 7.58. The van der Waals surface area contributed by atoms with Crippen molar-refractivity contribution in [2.24, 2.45) is 5.73 Å². The highest BCUT2D eigenvalue weighted by Gasteiger charge is 2.45. The van der Waals surface area contributed by atoms with Crippen LogP contribution >= 0.6 is 0 Å². The minimum Gasteiger partial charge on any atom is -0.380 e. The van der Waals surface area contributed by atoms with Crippen molar-refractivity contribution in [1.82, 2.24) is 0 Å². The van der Waals surface area contributed by atoms with Crippen LogP contribution < -0.4 is 5.73 Å². The summed E-state index contributed by atoms with van der Waals surface area (Å²) >= 11 is 0. The molecule has 2 saturated heterocycles. The molecule has 2 fully saturated rings. The van der Waals surface area contributed by atoms with Gasteiger partial charge in [-0.25, -0.2) is 0 Å². The second-order valence-electron chi connectivity index (χ2n) is 3.96. The molecule has 3 nitrogen and oxygen atoms in total. The van der Waals surface area contributed by atoms with Gasteiger partial charge in [-0.2, -0.15) is 0 Å². The Labute approximate surface area is 73.2 Å². The summed E-state index contributed by atoms with van der Waals surface area (Å²) in [4.78, 5) is 0. The van der Waals surface area contributed by atoms with Crippen LogP contribution in [0, 0.1) is 0 Å². The Balaban J connectivity index is 2.07. The number of nitrogens with two attached hydrogens (primary N) is 1. The first kappa shape index (κ1) is 8.48. The largest absolute Gasteiger partial charge is 0.380 e. The van der Waals surface area contributed by atoms with Gasteiger partial charge >= 0.3 is 0 Å². The number of hydrogen-bond acceptors (Lipinski definition) is 3. The Hall–Kier alpha value is -0.120. The first-order valence-corrected chi connectivity index (χ1v) is 4.74. The van der Waals surface area contributed by atoms with Gasteiger partial charge in [0.1, 0.15) is 0 Å². The SMILES string of the molecule is C[C@@H]1CC[C@@]2(CCOC[C@@H]2N)O1. The lowest BCUT2D eigenvalue weighted by atomic mass is 9.87. The van der Waals surface area contributed by atoms with E-state index in [4.69, 9.17) is 15.2 Å². The molecule has 2 aliphatic rings. The molecule has 3 heteroatoms. The molecule has 12 heavy (non-hydrogen) atoms. The predicted molar refractivity (Wildman–Crippen MR) is 45.9 cm³/mol. The van der Waals surface area contributed by atoms with Crippen LogP contribution in [0.3, 0.4) is 0 Å². The van der Waals surface area contributed by atoms with Gasteiger partial charge in [-0.1, -0.05) is 0 Å². The van der Waals surface area contributed by atoms with Gasteiger partial charge in [-0.3, -0.25) is 0 Å². The molecule has 0 aromatic rings. The van der Waals surface area contributed by atoms with Crippen molar-refractivity contribution in [2.75, 3.05) is 13.2 Å². The van der Waals surface area contributed by atoms with E-state index in [9.17, 15) is 0 Å². The van der Waals surface area contributed by atoms with Crippen molar-refractivity contribution >= 4 is 0 Å². The quantitative estimate of drug-likeness (QED) is 0.582. The van der Waals surface area contributed by atoms with Crippen LogP contribution in [0.2, 0.25) is 0 Å². The maximum atomic E-state index is 5.99. The van der Waals surface area contributed by atoms with Gasteiger partial charge in [0.15, 0.2) is 0 Å². The van der Waals surface area contributed by atoms with Gasteiger partial charge in [0, 0.05) is 13.0 Å². The Morgan fingerprint density at radius 3 is 2.83 bits per heavy atom. The molecule has 0 aromatic carbocycles. The third-order valence-corrected chi connectivity index (χ3v) is 3.05. The van der Waals surface area contributed by atoms with E-state index in [-0.39, 0.29) is 11.6 Å². The molecular formula is C9H17NO2. The van der Waals surface area contributed by atoms with Crippen LogP contribution in [0.4, 0.5) is 0 Å². The first-order chi connectivity index (χ1) is 5.73. The van der Waals surface area contributed by atoms with E-state index in [1.165, 1.54) is 0 Å². The Bertz CT molecular complexity index is 170. The Morgan fingerprint density at radius 2 is 2.25 bits per heavy atom. The molecule has 0 unspecified atom stereocenters. The van der Waals surface area contributed by atoms with Gasteiger partial charge in [0.05, 0.1) is 24.4 Å². The number of ether oxygens (including phenoxy) is 2. The van der Waals surface area contributed by atoms with E-state index in [2.05, 4.69) is 6.92 Å². The molecule has 0 saturated carbocycles. The number of rotatable bonds is 0. The topological polar surface area (TPSA) is 44.5 Å². The summed E-state index contributed by atoms with van der Waals surface area (Å²) in [5, 5.41) is 0. The van der Waals surface area contributed by atoms with Crippen LogP contribution in [-0.4, -0.2) is 31.0 Å². The molecule has 2 aliphatic heterocycles.